The lowest BCUT2D eigenvalue weighted by atomic mass is 10.2. The normalized spacial score (nSPS) is 13.7. The summed E-state index contributed by atoms with van der Waals surface area (Å²) in [5.41, 5.74) is -0.326. The zero-order valence-corrected chi connectivity index (χ0v) is 11.9. The minimum atomic E-state index is -4.65. The molecule has 0 amide bonds. The molecule has 1 N–H and O–H groups in total. The van der Waals surface area contributed by atoms with Crippen LogP contribution in [0, 0.1) is 0 Å². The van der Waals surface area contributed by atoms with Crippen molar-refractivity contribution in [1.29, 1.82) is 0 Å². The standard InChI is InChI=1S/C13H9ClF4N4/c1-6(15)12-20-10(13(16,17)18)5-22(12)8-2-7-4-19-21-11(7)9(14)3-8/h2-6H,1H3,(H,19,21). The summed E-state index contributed by atoms with van der Waals surface area (Å²) in [4.78, 5) is 3.35. The predicted octanol–water partition coefficient (Wildman–Crippen LogP) is 4.45. The highest BCUT2D eigenvalue weighted by Crippen LogP contribution is 2.33. The van der Waals surface area contributed by atoms with E-state index in [9.17, 15) is 17.6 Å². The number of fused-ring (bicyclic) bond motifs is 1. The number of rotatable bonds is 2. The van der Waals surface area contributed by atoms with Gasteiger partial charge in [0, 0.05) is 17.3 Å². The first-order valence-corrected chi connectivity index (χ1v) is 6.58. The number of benzene rings is 1. The molecule has 2 heterocycles. The van der Waals surface area contributed by atoms with E-state index in [0.29, 0.717) is 10.9 Å². The van der Waals surface area contributed by atoms with Gasteiger partial charge < -0.3 is 4.57 Å². The Morgan fingerprint density at radius 3 is 2.68 bits per heavy atom. The lowest BCUT2D eigenvalue weighted by Crippen LogP contribution is -2.05. The van der Waals surface area contributed by atoms with Crippen LogP contribution >= 0.6 is 11.6 Å². The fourth-order valence-corrected chi connectivity index (χ4v) is 2.42. The number of nitrogens with zero attached hydrogens (tertiary/aromatic N) is 3. The van der Waals surface area contributed by atoms with E-state index in [2.05, 4.69) is 15.2 Å². The van der Waals surface area contributed by atoms with E-state index >= 15 is 0 Å². The SMILES string of the molecule is CC(F)c1nc(C(F)(F)F)cn1-c1cc(Cl)c2[nH]ncc2c1. The predicted molar refractivity (Wildman–Crippen MR) is 72.8 cm³/mol. The number of nitrogens with one attached hydrogen (secondary N) is 1. The Morgan fingerprint density at radius 1 is 1.32 bits per heavy atom. The smallest absolute Gasteiger partial charge is 0.301 e. The molecule has 3 aromatic rings. The number of aromatic nitrogens is 4. The van der Waals surface area contributed by atoms with Gasteiger partial charge in [-0.25, -0.2) is 9.37 Å². The maximum Gasteiger partial charge on any atom is 0.434 e. The topological polar surface area (TPSA) is 46.5 Å². The van der Waals surface area contributed by atoms with Gasteiger partial charge in [0.25, 0.3) is 0 Å². The summed E-state index contributed by atoms with van der Waals surface area (Å²) >= 11 is 6.06. The van der Waals surface area contributed by atoms with Gasteiger partial charge in [-0.05, 0) is 19.1 Å². The first kappa shape index (κ1) is 14.8. The molecule has 9 heteroatoms. The molecular weight excluding hydrogens is 324 g/mol. The fourth-order valence-electron chi connectivity index (χ4n) is 2.16. The molecule has 0 spiro atoms. The van der Waals surface area contributed by atoms with Gasteiger partial charge in [0.1, 0.15) is 5.82 Å². The number of aromatic amines is 1. The maximum atomic E-state index is 13.6. The number of halogens is 5. The summed E-state index contributed by atoms with van der Waals surface area (Å²) in [5, 5.41) is 7.35. The summed E-state index contributed by atoms with van der Waals surface area (Å²) in [6.07, 6.45) is -4.10. The van der Waals surface area contributed by atoms with Crippen LogP contribution in [0.3, 0.4) is 0 Å². The van der Waals surface area contributed by atoms with Gasteiger partial charge in [-0.1, -0.05) is 11.6 Å². The van der Waals surface area contributed by atoms with Crippen molar-refractivity contribution in [1.82, 2.24) is 19.7 Å². The zero-order valence-electron chi connectivity index (χ0n) is 11.1. The van der Waals surface area contributed by atoms with E-state index in [-0.39, 0.29) is 16.5 Å². The molecular formula is C13H9ClF4N4. The first-order chi connectivity index (χ1) is 10.3. The van der Waals surface area contributed by atoms with Gasteiger partial charge in [-0.2, -0.15) is 18.3 Å². The van der Waals surface area contributed by atoms with E-state index in [1.54, 1.807) is 6.07 Å². The fraction of sp³-hybridized carbons (Fsp3) is 0.231. The summed E-state index contributed by atoms with van der Waals surface area (Å²) in [6.45, 7) is 1.12. The highest BCUT2D eigenvalue weighted by molar-refractivity contribution is 6.35. The molecule has 0 aliphatic heterocycles. The number of hydrogen-bond acceptors (Lipinski definition) is 2. The van der Waals surface area contributed by atoms with Crippen molar-refractivity contribution >= 4 is 22.5 Å². The summed E-state index contributed by atoms with van der Waals surface area (Å²) in [6, 6.07) is 2.98. The third-order valence-corrected chi connectivity index (χ3v) is 3.44. The number of imidazole rings is 1. The lowest BCUT2D eigenvalue weighted by molar-refractivity contribution is -0.141. The Labute approximate surface area is 126 Å². The highest BCUT2D eigenvalue weighted by atomic mass is 35.5. The number of alkyl halides is 4. The quantitative estimate of drug-likeness (QED) is 0.705. The molecule has 1 aromatic carbocycles. The second-order valence-electron chi connectivity index (χ2n) is 4.73. The molecule has 1 atom stereocenters. The van der Waals surface area contributed by atoms with Crippen LogP contribution in [0.1, 0.15) is 24.6 Å². The third-order valence-electron chi connectivity index (χ3n) is 3.14. The molecule has 116 valence electrons. The molecule has 2 aromatic heterocycles. The van der Waals surface area contributed by atoms with Crippen LogP contribution in [-0.4, -0.2) is 19.7 Å². The van der Waals surface area contributed by atoms with Crippen molar-refractivity contribution < 1.29 is 17.6 Å². The average molecular weight is 333 g/mol. The molecule has 0 bridgehead atoms. The van der Waals surface area contributed by atoms with Crippen molar-refractivity contribution in [2.24, 2.45) is 0 Å². The van der Waals surface area contributed by atoms with Crippen molar-refractivity contribution in [3.05, 3.63) is 41.1 Å². The average Bonchev–Trinajstić information content (AvgIpc) is 3.04. The van der Waals surface area contributed by atoms with Crippen LogP contribution in [0.25, 0.3) is 16.6 Å². The van der Waals surface area contributed by atoms with Gasteiger partial charge in [0.15, 0.2) is 11.9 Å². The highest BCUT2D eigenvalue weighted by Gasteiger charge is 2.35. The molecule has 3 rings (SSSR count). The Bertz CT molecular complexity index is 834. The summed E-state index contributed by atoms with van der Waals surface area (Å²) in [7, 11) is 0. The van der Waals surface area contributed by atoms with Crippen LogP contribution in [0.5, 0.6) is 0 Å². The van der Waals surface area contributed by atoms with Gasteiger partial charge >= 0.3 is 6.18 Å². The van der Waals surface area contributed by atoms with E-state index in [1.807, 2.05) is 0 Å². The Balaban J connectivity index is 2.22. The molecule has 0 fully saturated rings. The third kappa shape index (κ3) is 2.43. The van der Waals surface area contributed by atoms with E-state index in [4.69, 9.17) is 11.6 Å². The molecule has 4 nitrogen and oxygen atoms in total. The lowest BCUT2D eigenvalue weighted by Gasteiger charge is -2.09. The minimum absolute atomic E-state index is 0.268. The second-order valence-corrected chi connectivity index (χ2v) is 5.14. The summed E-state index contributed by atoms with van der Waals surface area (Å²) in [5.74, 6) is -0.341. The van der Waals surface area contributed by atoms with Crippen molar-refractivity contribution in [2.45, 2.75) is 19.3 Å². The molecule has 0 saturated heterocycles. The van der Waals surface area contributed by atoms with Crippen molar-refractivity contribution in [3.63, 3.8) is 0 Å². The van der Waals surface area contributed by atoms with Crippen LogP contribution in [0.4, 0.5) is 17.6 Å². The van der Waals surface area contributed by atoms with Crippen LogP contribution < -0.4 is 0 Å². The molecule has 0 saturated carbocycles. The van der Waals surface area contributed by atoms with Crippen molar-refractivity contribution in [3.8, 4) is 5.69 Å². The van der Waals surface area contributed by atoms with Gasteiger partial charge in [0.05, 0.1) is 16.7 Å². The molecule has 1 unspecified atom stereocenters. The molecule has 0 radical (unpaired) electrons. The molecule has 0 aliphatic carbocycles. The zero-order chi connectivity index (χ0) is 16.1. The maximum absolute atomic E-state index is 13.6. The largest absolute Gasteiger partial charge is 0.434 e. The second kappa shape index (κ2) is 4.98. The van der Waals surface area contributed by atoms with Crippen molar-refractivity contribution in [2.75, 3.05) is 0 Å². The monoisotopic (exact) mass is 332 g/mol. The number of hydrogen-bond donors (Lipinski definition) is 1. The van der Waals surface area contributed by atoms with Crippen LogP contribution in [0.2, 0.25) is 5.02 Å². The Kier molecular flexibility index (Phi) is 3.36. The van der Waals surface area contributed by atoms with Crippen LogP contribution in [-0.2, 0) is 6.18 Å². The van der Waals surface area contributed by atoms with Gasteiger partial charge in [-0.3, -0.25) is 5.10 Å². The minimum Gasteiger partial charge on any atom is -0.301 e. The van der Waals surface area contributed by atoms with Crippen LogP contribution in [0.15, 0.2) is 24.5 Å². The van der Waals surface area contributed by atoms with E-state index < -0.39 is 18.0 Å². The van der Waals surface area contributed by atoms with Gasteiger partial charge in [-0.15, -0.1) is 0 Å². The first-order valence-electron chi connectivity index (χ1n) is 6.21. The Morgan fingerprint density at radius 2 is 2.05 bits per heavy atom. The Hall–Kier alpha value is -2.09. The summed E-state index contributed by atoms with van der Waals surface area (Å²) < 4.78 is 53.1. The van der Waals surface area contributed by atoms with E-state index in [1.165, 1.54) is 12.3 Å². The van der Waals surface area contributed by atoms with E-state index in [0.717, 1.165) is 17.7 Å². The molecule has 0 aliphatic rings. The number of H-pyrrole nitrogens is 1. The van der Waals surface area contributed by atoms with Gasteiger partial charge in [0.2, 0.25) is 0 Å². The molecule has 22 heavy (non-hydrogen) atoms.